The van der Waals surface area contributed by atoms with Gasteiger partial charge in [0, 0.05) is 28.8 Å². The van der Waals surface area contributed by atoms with Crippen molar-refractivity contribution < 1.29 is 5.11 Å². The van der Waals surface area contributed by atoms with Crippen LogP contribution in [0.25, 0.3) is 0 Å². The van der Waals surface area contributed by atoms with Crippen LogP contribution in [0.1, 0.15) is 12.5 Å². The second kappa shape index (κ2) is 5.32. The predicted molar refractivity (Wildman–Crippen MR) is 70.1 cm³/mol. The van der Waals surface area contributed by atoms with Crippen LogP contribution in [0.4, 0.5) is 5.69 Å². The molecule has 0 aromatic heterocycles. The van der Waals surface area contributed by atoms with Crippen molar-refractivity contribution in [1.29, 1.82) is 5.41 Å². The first-order valence-corrected chi connectivity index (χ1v) is 5.74. The van der Waals surface area contributed by atoms with Gasteiger partial charge in [-0.2, -0.15) is 0 Å². The lowest BCUT2D eigenvalue weighted by molar-refractivity contribution is 0.270. The van der Waals surface area contributed by atoms with Crippen LogP contribution in [0.2, 0.25) is 0 Å². The summed E-state index contributed by atoms with van der Waals surface area (Å²) in [4.78, 5) is 1.91. The lowest BCUT2D eigenvalue weighted by Gasteiger charge is -2.27. The topological polar surface area (TPSA) is 73.3 Å². The van der Waals surface area contributed by atoms with Crippen molar-refractivity contribution in [2.45, 2.75) is 13.0 Å². The molecule has 1 aromatic rings. The van der Waals surface area contributed by atoms with E-state index in [2.05, 4.69) is 15.9 Å². The molecule has 16 heavy (non-hydrogen) atoms. The Balaban J connectivity index is 3.17. The number of aliphatic hydroxyl groups is 1. The van der Waals surface area contributed by atoms with Crippen LogP contribution in [0, 0.1) is 5.41 Å². The third-order valence-corrected chi connectivity index (χ3v) is 3.05. The van der Waals surface area contributed by atoms with Crippen molar-refractivity contribution in [3.63, 3.8) is 0 Å². The van der Waals surface area contributed by atoms with E-state index in [1.54, 1.807) is 6.07 Å². The number of halogens is 1. The van der Waals surface area contributed by atoms with Crippen LogP contribution in [0.15, 0.2) is 22.7 Å². The van der Waals surface area contributed by atoms with Crippen LogP contribution in [0.5, 0.6) is 0 Å². The van der Waals surface area contributed by atoms with E-state index in [4.69, 9.17) is 16.2 Å². The number of hydrogen-bond acceptors (Lipinski definition) is 3. The summed E-state index contributed by atoms with van der Waals surface area (Å²) in [7, 11) is 1.87. The number of hydrogen-bond donors (Lipinski definition) is 3. The highest BCUT2D eigenvalue weighted by atomic mass is 79.9. The Hall–Kier alpha value is -1.07. The average molecular weight is 286 g/mol. The molecule has 0 fully saturated rings. The fraction of sp³-hybridized carbons (Fsp3) is 0.364. The Kier molecular flexibility index (Phi) is 4.32. The Labute approximate surface area is 104 Å². The fourth-order valence-corrected chi connectivity index (χ4v) is 1.75. The number of rotatable bonds is 4. The molecule has 1 atom stereocenters. The van der Waals surface area contributed by atoms with Crippen LogP contribution >= 0.6 is 15.9 Å². The number of amidine groups is 1. The fourth-order valence-electron chi connectivity index (χ4n) is 1.39. The summed E-state index contributed by atoms with van der Waals surface area (Å²) in [6, 6.07) is 5.56. The first-order chi connectivity index (χ1) is 7.47. The molecule has 0 radical (unpaired) electrons. The van der Waals surface area contributed by atoms with E-state index < -0.39 is 0 Å². The second-order valence-corrected chi connectivity index (χ2v) is 4.63. The molecule has 0 spiro atoms. The molecule has 0 bridgehead atoms. The summed E-state index contributed by atoms with van der Waals surface area (Å²) >= 11 is 3.35. The molecule has 5 heteroatoms. The number of nitrogens with zero attached hydrogens (tertiary/aromatic N) is 1. The van der Waals surface area contributed by atoms with Gasteiger partial charge in [0.25, 0.3) is 0 Å². The van der Waals surface area contributed by atoms with Crippen molar-refractivity contribution in [2.24, 2.45) is 5.73 Å². The second-order valence-electron chi connectivity index (χ2n) is 3.72. The van der Waals surface area contributed by atoms with E-state index in [0.29, 0.717) is 5.56 Å². The molecular formula is C11H16BrN3O. The summed E-state index contributed by atoms with van der Waals surface area (Å²) in [5.41, 5.74) is 7.04. The quantitative estimate of drug-likeness (QED) is 0.581. The molecule has 4 N–H and O–H groups in total. The number of nitrogens with one attached hydrogen (secondary N) is 1. The minimum absolute atomic E-state index is 0.0146. The van der Waals surface area contributed by atoms with Crippen LogP contribution < -0.4 is 10.6 Å². The van der Waals surface area contributed by atoms with Crippen molar-refractivity contribution >= 4 is 27.5 Å². The molecule has 4 nitrogen and oxygen atoms in total. The molecular weight excluding hydrogens is 270 g/mol. The molecule has 1 rings (SSSR count). The maximum Gasteiger partial charge on any atom is 0.124 e. The number of aliphatic hydroxyl groups excluding tert-OH is 1. The molecule has 1 unspecified atom stereocenters. The molecule has 0 saturated heterocycles. The van der Waals surface area contributed by atoms with Gasteiger partial charge in [-0.05, 0) is 25.1 Å². The third kappa shape index (κ3) is 2.74. The molecule has 88 valence electrons. The van der Waals surface area contributed by atoms with Gasteiger partial charge in [-0.3, -0.25) is 5.41 Å². The number of anilines is 1. The van der Waals surface area contributed by atoms with Crippen molar-refractivity contribution in [2.75, 3.05) is 18.6 Å². The number of nitrogen functional groups attached to an aromatic ring is 1. The summed E-state index contributed by atoms with van der Waals surface area (Å²) < 4.78 is 0.881. The van der Waals surface area contributed by atoms with Crippen molar-refractivity contribution in [3.05, 3.63) is 28.2 Å². The Morgan fingerprint density at radius 1 is 1.62 bits per heavy atom. The molecule has 0 aliphatic heterocycles. The highest BCUT2D eigenvalue weighted by Gasteiger charge is 2.14. The Morgan fingerprint density at radius 2 is 2.25 bits per heavy atom. The smallest absolute Gasteiger partial charge is 0.124 e. The Morgan fingerprint density at radius 3 is 2.75 bits per heavy atom. The monoisotopic (exact) mass is 285 g/mol. The van der Waals surface area contributed by atoms with Gasteiger partial charge in [0.1, 0.15) is 5.84 Å². The van der Waals surface area contributed by atoms with Gasteiger partial charge in [0.2, 0.25) is 0 Å². The minimum Gasteiger partial charge on any atom is -0.394 e. The first kappa shape index (κ1) is 13.0. The van der Waals surface area contributed by atoms with Crippen molar-refractivity contribution in [3.8, 4) is 0 Å². The number of nitrogens with two attached hydrogens (primary N) is 1. The SMILES string of the molecule is CC(CO)N(C)c1ccc(Br)cc1C(=N)N. The zero-order chi connectivity index (χ0) is 12.3. The van der Waals surface area contributed by atoms with E-state index in [-0.39, 0.29) is 18.5 Å². The van der Waals surface area contributed by atoms with Gasteiger partial charge < -0.3 is 15.7 Å². The predicted octanol–water partition coefficient (Wildman–Crippen LogP) is 1.55. The van der Waals surface area contributed by atoms with Gasteiger partial charge in [-0.1, -0.05) is 15.9 Å². The maximum absolute atomic E-state index is 9.11. The average Bonchev–Trinajstić information content (AvgIpc) is 2.26. The lowest BCUT2D eigenvalue weighted by Crippen LogP contribution is -2.33. The standard InChI is InChI=1S/C11H16BrN3O/c1-7(6-16)15(2)10-4-3-8(12)5-9(10)11(13)14/h3-5,7,16H,6H2,1-2H3,(H3,13,14). The summed E-state index contributed by atoms with van der Waals surface area (Å²) in [5, 5.41) is 16.6. The normalized spacial score (nSPS) is 12.2. The van der Waals surface area contributed by atoms with E-state index in [0.717, 1.165) is 10.2 Å². The van der Waals surface area contributed by atoms with Gasteiger partial charge in [0.15, 0.2) is 0 Å². The van der Waals surface area contributed by atoms with E-state index in [9.17, 15) is 0 Å². The first-order valence-electron chi connectivity index (χ1n) is 4.95. The number of likely N-dealkylation sites (N-methyl/N-ethyl adjacent to an activating group) is 1. The molecule has 0 aliphatic rings. The largest absolute Gasteiger partial charge is 0.394 e. The minimum atomic E-state index is -0.0146. The van der Waals surface area contributed by atoms with E-state index in [1.807, 2.05) is 31.0 Å². The summed E-state index contributed by atoms with van der Waals surface area (Å²) in [6.45, 7) is 1.97. The highest BCUT2D eigenvalue weighted by Crippen LogP contribution is 2.24. The van der Waals surface area contributed by atoms with Crippen LogP contribution in [-0.2, 0) is 0 Å². The lowest BCUT2D eigenvalue weighted by atomic mass is 10.1. The zero-order valence-electron chi connectivity index (χ0n) is 9.37. The maximum atomic E-state index is 9.11. The van der Waals surface area contributed by atoms with Gasteiger partial charge in [0.05, 0.1) is 6.61 Å². The van der Waals surface area contributed by atoms with Gasteiger partial charge in [-0.25, -0.2) is 0 Å². The van der Waals surface area contributed by atoms with Crippen molar-refractivity contribution in [1.82, 2.24) is 0 Å². The molecule has 0 aliphatic carbocycles. The molecule has 1 aromatic carbocycles. The van der Waals surface area contributed by atoms with Gasteiger partial charge >= 0.3 is 0 Å². The molecule has 0 amide bonds. The molecule has 0 saturated carbocycles. The highest BCUT2D eigenvalue weighted by molar-refractivity contribution is 9.10. The third-order valence-electron chi connectivity index (χ3n) is 2.55. The summed E-state index contributed by atoms with van der Waals surface area (Å²) in [5.74, 6) is 0.0216. The zero-order valence-corrected chi connectivity index (χ0v) is 11.0. The van der Waals surface area contributed by atoms with Crippen LogP contribution in [0.3, 0.4) is 0 Å². The Bertz CT molecular complexity index is 395. The molecule has 0 heterocycles. The van der Waals surface area contributed by atoms with E-state index >= 15 is 0 Å². The van der Waals surface area contributed by atoms with Crippen LogP contribution in [-0.4, -0.2) is 30.6 Å². The van der Waals surface area contributed by atoms with E-state index in [1.165, 1.54) is 0 Å². The summed E-state index contributed by atoms with van der Waals surface area (Å²) in [6.07, 6.45) is 0. The van der Waals surface area contributed by atoms with Gasteiger partial charge in [-0.15, -0.1) is 0 Å². The number of benzene rings is 1.